The normalized spacial score (nSPS) is 24.5. The first-order chi connectivity index (χ1) is 8.34. The molecule has 1 saturated carbocycles. The third kappa shape index (κ3) is 4.35. The standard InChI is InChI=1S/C16H22O/c17-16-12-11-15(13-16)10-6-2-5-9-14-7-3-1-4-8-14/h1,3-4,6-8,10,15-17H,2,5,9,11-13H2/b10-6+/t15?,16-/m0/s1. The molecule has 1 aromatic rings. The summed E-state index contributed by atoms with van der Waals surface area (Å²) in [5, 5.41) is 9.42. The lowest BCUT2D eigenvalue weighted by Gasteiger charge is -2.02. The van der Waals surface area contributed by atoms with E-state index in [1.807, 2.05) is 0 Å². The second-order valence-corrected chi connectivity index (χ2v) is 5.03. The zero-order valence-corrected chi connectivity index (χ0v) is 10.4. The van der Waals surface area contributed by atoms with Crippen LogP contribution in [-0.4, -0.2) is 11.2 Å². The molecule has 1 N–H and O–H groups in total. The van der Waals surface area contributed by atoms with Crippen molar-refractivity contribution in [2.75, 3.05) is 0 Å². The SMILES string of the molecule is O[C@H]1CCC(/C=C/CCCc2ccccc2)C1. The van der Waals surface area contributed by atoms with E-state index >= 15 is 0 Å². The topological polar surface area (TPSA) is 20.2 Å². The van der Waals surface area contributed by atoms with Crippen molar-refractivity contribution in [3.05, 3.63) is 48.0 Å². The van der Waals surface area contributed by atoms with Gasteiger partial charge in [-0.2, -0.15) is 0 Å². The monoisotopic (exact) mass is 230 g/mol. The predicted octanol–water partition coefficient (Wildman–Crippen LogP) is 3.73. The van der Waals surface area contributed by atoms with E-state index < -0.39 is 0 Å². The number of rotatable bonds is 5. The van der Waals surface area contributed by atoms with E-state index in [1.165, 1.54) is 18.4 Å². The van der Waals surface area contributed by atoms with Crippen LogP contribution in [0.1, 0.15) is 37.7 Å². The van der Waals surface area contributed by atoms with Gasteiger partial charge in [0, 0.05) is 0 Å². The molecule has 1 fully saturated rings. The smallest absolute Gasteiger partial charge is 0.0546 e. The van der Waals surface area contributed by atoms with Gasteiger partial charge in [0.15, 0.2) is 0 Å². The Hall–Kier alpha value is -1.08. The lowest BCUT2D eigenvalue weighted by atomic mass is 10.1. The zero-order chi connectivity index (χ0) is 11.9. The Morgan fingerprint density at radius 2 is 2.00 bits per heavy atom. The Morgan fingerprint density at radius 3 is 2.71 bits per heavy atom. The van der Waals surface area contributed by atoms with Crippen LogP contribution in [0.5, 0.6) is 0 Å². The van der Waals surface area contributed by atoms with Crippen LogP contribution in [0.2, 0.25) is 0 Å². The molecule has 2 rings (SSSR count). The van der Waals surface area contributed by atoms with Crippen molar-refractivity contribution in [3.63, 3.8) is 0 Å². The summed E-state index contributed by atoms with van der Waals surface area (Å²) in [6.45, 7) is 0. The van der Waals surface area contributed by atoms with E-state index in [0.717, 1.165) is 25.7 Å². The number of hydrogen-bond donors (Lipinski definition) is 1. The average Bonchev–Trinajstić information content (AvgIpc) is 2.76. The van der Waals surface area contributed by atoms with Gasteiger partial charge >= 0.3 is 0 Å². The number of hydrogen-bond acceptors (Lipinski definition) is 1. The van der Waals surface area contributed by atoms with Crippen LogP contribution in [0, 0.1) is 5.92 Å². The summed E-state index contributed by atoms with van der Waals surface area (Å²) in [7, 11) is 0. The number of allylic oxidation sites excluding steroid dienone is 2. The van der Waals surface area contributed by atoms with Gasteiger partial charge in [-0.15, -0.1) is 0 Å². The predicted molar refractivity (Wildman–Crippen MR) is 71.9 cm³/mol. The van der Waals surface area contributed by atoms with Crippen molar-refractivity contribution in [3.8, 4) is 0 Å². The minimum absolute atomic E-state index is 0.0473. The van der Waals surface area contributed by atoms with Crippen LogP contribution in [0.25, 0.3) is 0 Å². The Morgan fingerprint density at radius 1 is 1.18 bits per heavy atom. The maximum absolute atomic E-state index is 9.42. The van der Waals surface area contributed by atoms with Crippen molar-refractivity contribution < 1.29 is 5.11 Å². The summed E-state index contributed by atoms with van der Waals surface area (Å²) >= 11 is 0. The van der Waals surface area contributed by atoms with Crippen molar-refractivity contribution in [1.82, 2.24) is 0 Å². The van der Waals surface area contributed by atoms with Gasteiger partial charge in [0.25, 0.3) is 0 Å². The lowest BCUT2D eigenvalue weighted by Crippen LogP contribution is -1.98. The van der Waals surface area contributed by atoms with Gasteiger partial charge in [-0.05, 0) is 50.0 Å². The first-order valence-electron chi connectivity index (χ1n) is 6.73. The molecule has 1 nitrogen and oxygen atoms in total. The summed E-state index contributed by atoms with van der Waals surface area (Å²) in [5.41, 5.74) is 1.43. The second-order valence-electron chi connectivity index (χ2n) is 5.03. The molecule has 1 heteroatoms. The van der Waals surface area contributed by atoms with Crippen molar-refractivity contribution in [1.29, 1.82) is 0 Å². The number of unbranched alkanes of at least 4 members (excludes halogenated alkanes) is 1. The molecular weight excluding hydrogens is 208 g/mol. The molecule has 1 aliphatic rings. The van der Waals surface area contributed by atoms with Gasteiger partial charge in [0.05, 0.1) is 6.10 Å². The van der Waals surface area contributed by atoms with Crippen LogP contribution >= 0.6 is 0 Å². The summed E-state index contributed by atoms with van der Waals surface area (Å²) in [4.78, 5) is 0. The highest BCUT2D eigenvalue weighted by Crippen LogP contribution is 2.26. The van der Waals surface area contributed by atoms with Crippen LogP contribution in [0.3, 0.4) is 0 Å². The quantitative estimate of drug-likeness (QED) is 0.603. The molecule has 1 aromatic carbocycles. The van der Waals surface area contributed by atoms with Gasteiger partial charge in [-0.1, -0.05) is 42.5 Å². The molecule has 0 aromatic heterocycles. The summed E-state index contributed by atoms with van der Waals surface area (Å²) < 4.78 is 0. The Bertz CT molecular complexity index is 342. The third-order valence-corrected chi connectivity index (χ3v) is 3.53. The Balaban J connectivity index is 1.62. The van der Waals surface area contributed by atoms with Crippen molar-refractivity contribution in [2.45, 2.75) is 44.6 Å². The largest absolute Gasteiger partial charge is 0.393 e. The van der Waals surface area contributed by atoms with E-state index in [0.29, 0.717) is 5.92 Å². The molecule has 0 aliphatic heterocycles. The average molecular weight is 230 g/mol. The van der Waals surface area contributed by atoms with E-state index in [2.05, 4.69) is 42.5 Å². The van der Waals surface area contributed by atoms with Gasteiger partial charge in [-0.25, -0.2) is 0 Å². The van der Waals surface area contributed by atoms with Crippen LogP contribution in [-0.2, 0) is 6.42 Å². The minimum atomic E-state index is -0.0473. The number of aryl methyl sites for hydroxylation is 1. The van der Waals surface area contributed by atoms with Gasteiger partial charge < -0.3 is 5.11 Å². The first kappa shape index (κ1) is 12.4. The first-order valence-corrected chi connectivity index (χ1v) is 6.73. The van der Waals surface area contributed by atoms with E-state index in [-0.39, 0.29) is 6.10 Å². The summed E-state index contributed by atoms with van der Waals surface area (Å²) in [6, 6.07) is 10.7. The summed E-state index contributed by atoms with van der Waals surface area (Å²) in [5.74, 6) is 0.627. The Kier molecular flexibility index (Phi) is 4.81. The van der Waals surface area contributed by atoms with Gasteiger partial charge in [0.1, 0.15) is 0 Å². The molecule has 0 spiro atoms. The van der Waals surface area contributed by atoms with Gasteiger partial charge in [-0.3, -0.25) is 0 Å². The number of benzene rings is 1. The highest BCUT2D eigenvalue weighted by Gasteiger charge is 2.19. The fourth-order valence-corrected chi connectivity index (χ4v) is 2.52. The fraction of sp³-hybridized carbons (Fsp3) is 0.500. The molecule has 1 aliphatic carbocycles. The molecule has 0 saturated heterocycles. The number of aliphatic hydroxyl groups excluding tert-OH is 1. The molecule has 1 unspecified atom stereocenters. The highest BCUT2D eigenvalue weighted by atomic mass is 16.3. The highest BCUT2D eigenvalue weighted by molar-refractivity contribution is 5.14. The van der Waals surface area contributed by atoms with Crippen LogP contribution in [0.15, 0.2) is 42.5 Å². The van der Waals surface area contributed by atoms with Crippen molar-refractivity contribution >= 4 is 0 Å². The van der Waals surface area contributed by atoms with Crippen molar-refractivity contribution in [2.24, 2.45) is 5.92 Å². The van der Waals surface area contributed by atoms with Crippen LogP contribution < -0.4 is 0 Å². The minimum Gasteiger partial charge on any atom is -0.393 e. The third-order valence-electron chi connectivity index (χ3n) is 3.53. The zero-order valence-electron chi connectivity index (χ0n) is 10.4. The molecule has 0 bridgehead atoms. The molecule has 17 heavy (non-hydrogen) atoms. The lowest BCUT2D eigenvalue weighted by molar-refractivity contribution is 0.180. The molecule has 0 amide bonds. The molecule has 2 atom stereocenters. The van der Waals surface area contributed by atoms with E-state index in [9.17, 15) is 5.11 Å². The van der Waals surface area contributed by atoms with E-state index in [1.54, 1.807) is 0 Å². The molecule has 92 valence electrons. The Labute approximate surface area is 104 Å². The summed E-state index contributed by atoms with van der Waals surface area (Å²) in [6.07, 6.45) is 11.2. The van der Waals surface area contributed by atoms with E-state index in [4.69, 9.17) is 0 Å². The molecule has 0 radical (unpaired) electrons. The molecular formula is C16H22O. The number of aliphatic hydroxyl groups is 1. The maximum atomic E-state index is 9.42. The maximum Gasteiger partial charge on any atom is 0.0546 e. The molecule has 0 heterocycles. The van der Waals surface area contributed by atoms with Gasteiger partial charge in [0.2, 0.25) is 0 Å². The van der Waals surface area contributed by atoms with Crippen LogP contribution in [0.4, 0.5) is 0 Å². The second kappa shape index (κ2) is 6.61. The fourth-order valence-electron chi connectivity index (χ4n) is 2.52.